The molecule has 0 amide bonds. The number of hydrogen-bond acceptors (Lipinski definition) is 8. The van der Waals surface area contributed by atoms with Gasteiger partial charge in [-0.15, -0.1) is 0 Å². The molecule has 1 aromatic rings. The third-order valence-corrected chi connectivity index (χ3v) is 5.68. The van der Waals surface area contributed by atoms with Gasteiger partial charge in [0.05, 0.1) is 30.9 Å². The molecule has 2 rings (SSSR count). The number of nitrogens with two attached hydrogens (primary N) is 2. The Balaban J connectivity index is 2.00. The van der Waals surface area contributed by atoms with Gasteiger partial charge in [0.2, 0.25) is 5.95 Å². The fraction of sp³-hybridized carbons (Fsp3) is 0.750. The van der Waals surface area contributed by atoms with E-state index in [1.54, 1.807) is 27.7 Å². The highest BCUT2D eigenvalue weighted by molar-refractivity contribution is 7.53. The third-order valence-electron chi connectivity index (χ3n) is 3.70. The Morgan fingerprint density at radius 2 is 1.77 bits per heavy atom. The Bertz CT molecular complexity index is 716. The first-order valence-corrected chi connectivity index (χ1v) is 10.5. The molecule has 0 radical (unpaired) electrons. The Kier molecular flexibility index (Phi) is 6.85. The lowest BCUT2D eigenvalue weighted by molar-refractivity contribution is 0.0957. The fourth-order valence-electron chi connectivity index (χ4n) is 2.64. The maximum absolute atomic E-state index is 12.7. The number of hydrogen-bond donors (Lipinski definition) is 2. The van der Waals surface area contributed by atoms with Gasteiger partial charge in [-0.05, 0) is 46.5 Å². The number of ether oxygens (including phenoxy) is 1. The Hall–Kier alpha value is -1.41. The third kappa shape index (κ3) is 5.54. The van der Waals surface area contributed by atoms with Gasteiger partial charge in [0, 0.05) is 0 Å². The average Bonchev–Trinajstić information content (AvgIpc) is 3.28. The van der Waals surface area contributed by atoms with Gasteiger partial charge in [0.15, 0.2) is 0 Å². The Morgan fingerprint density at radius 3 is 2.27 bits per heavy atom. The van der Waals surface area contributed by atoms with Gasteiger partial charge in [0.25, 0.3) is 5.56 Å². The summed E-state index contributed by atoms with van der Waals surface area (Å²) in [5, 5.41) is 0. The molecule has 1 heterocycles. The molecule has 1 fully saturated rings. The van der Waals surface area contributed by atoms with Crippen LogP contribution in [0.2, 0.25) is 0 Å². The summed E-state index contributed by atoms with van der Waals surface area (Å²) in [7, 11) is -3.38. The number of rotatable bonds is 10. The maximum Gasteiger partial charge on any atom is 0.356 e. The molecule has 1 aliphatic rings. The van der Waals surface area contributed by atoms with Crippen LogP contribution in [0.5, 0.6) is 0 Å². The van der Waals surface area contributed by atoms with Crippen molar-refractivity contribution in [1.82, 2.24) is 9.55 Å². The minimum Gasteiger partial charge on any atom is -0.383 e. The highest BCUT2D eigenvalue weighted by atomic mass is 31.2. The summed E-state index contributed by atoms with van der Waals surface area (Å²) in [6.07, 6.45) is 1.15. The van der Waals surface area contributed by atoms with Gasteiger partial charge in [-0.3, -0.25) is 13.9 Å². The highest BCUT2D eigenvalue weighted by Crippen LogP contribution is 2.50. The molecule has 10 heteroatoms. The molecule has 0 aliphatic heterocycles. The van der Waals surface area contributed by atoms with Crippen LogP contribution in [0, 0.1) is 0 Å². The zero-order valence-electron chi connectivity index (χ0n) is 15.8. The van der Waals surface area contributed by atoms with E-state index in [9.17, 15) is 9.36 Å². The molecule has 1 aliphatic carbocycles. The molecule has 0 unspecified atom stereocenters. The van der Waals surface area contributed by atoms with E-state index in [2.05, 4.69) is 4.98 Å². The summed E-state index contributed by atoms with van der Waals surface area (Å²) in [6, 6.07) is 0. The van der Waals surface area contributed by atoms with E-state index in [1.807, 2.05) is 0 Å². The molecule has 0 saturated heterocycles. The minimum absolute atomic E-state index is 0.0422. The summed E-state index contributed by atoms with van der Waals surface area (Å²) in [5.74, 6) is 0.412. The predicted molar refractivity (Wildman–Crippen MR) is 100 cm³/mol. The first kappa shape index (κ1) is 20.9. The van der Waals surface area contributed by atoms with E-state index in [1.165, 1.54) is 4.57 Å². The van der Waals surface area contributed by atoms with Crippen molar-refractivity contribution in [3.05, 3.63) is 15.9 Å². The summed E-state index contributed by atoms with van der Waals surface area (Å²) in [6.45, 7) is 7.39. The number of anilines is 2. The van der Waals surface area contributed by atoms with Crippen molar-refractivity contribution in [3.63, 3.8) is 0 Å². The van der Waals surface area contributed by atoms with Crippen LogP contribution in [0.25, 0.3) is 0 Å². The smallest absolute Gasteiger partial charge is 0.356 e. The predicted octanol–water partition coefficient (Wildman–Crippen LogP) is 2.30. The van der Waals surface area contributed by atoms with Crippen molar-refractivity contribution >= 4 is 19.4 Å². The Morgan fingerprint density at radius 1 is 1.19 bits per heavy atom. The van der Waals surface area contributed by atoms with Crippen molar-refractivity contribution in [1.29, 1.82) is 0 Å². The zero-order chi connectivity index (χ0) is 19.5. The summed E-state index contributed by atoms with van der Waals surface area (Å²) < 4.78 is 30.3. The van der Waals surface area contributed by atoms with Crippen LogP contribution >= 0.6 is 7.60 Å². The summed E-state index contributed by atoms with van der Waals surface area (Å²) in [4.78, 5) is 16.6. The van der Waals surface area contributed by atoms with Crippen LogP contribution in [-0.2, 0) is 24.9 Å². The maximum atomic E-state index is 12.7. The van der Waals surface area contributed by atoms with Gasteiger partial charge < -0.3 is 25.3 Å². The number of nitrogens with zero attached hydrogens (tertiary/aromatic N) is 2. The fourth-order valence-corrected chi connectivity index (χ4v) is 4.44. The van der Waals surface area contributed by atoms with Crippen LogP contribution in [0.1, 0.15) is 52.0 Å². The van der Waals surface area contributed by atoms with Crippen molar-refractivity contribution in [2.24, 2.45) is 0 Å². The molecule has 9 nitrogen and oxygen atoms in total. The molecule has 4 N–H and O–H groups in total. The highest BCUT2D eigenvalue weighted by Gasteiger charge is 2.31. The lowest BCUT2D eigenvalue weighted by atomic mass is 10.2. The van der Waals surface area contributed by atoms with Crippen LogP contribution in [0.4, 0.5) is 11.8 Å². The van der Waals surface area contributed by atoms with E-state index in [0.29, 0.717) is 5.56 Å². The largest absolute Gasteiger partial charge is 0.383 e. The van der Waals surface area contributed by atoms with Crippen molar-refractivity contribution < 1.29 is 18.3 Å². The minimum atomic E-state index is -3.38. The van der Waals surface area contributed by atoms with Crippen LogP contribution < -0.4 is 17.0 Å². The second-order valence-corrected chi connectivity index (χ2v) is 8.86. The molecule has 26 heavy (non-hydrogen) atoms. The molecule has 0 bridgehead atoms. The molecule has 1 aromatic heterocycles. The van der Waals surface area contributed by atoms with E-state index >= 15 is 0 Å². The molecular formula is C16H29N4O5P. The normalized spacial score (nSPS) is 15.2. The van der Waals surface area contributed by atoms with E-state index in [-0.39, 0.29) is 55.0 Å². The van der Waals surface area contributed by atoms with Crippen LogP contribution in [0.3, 0.4) is 0 Å². The topological polar surface area (TPSA) is 132 Å². The van der Waals surface area contributed by atoms with E-state index < -0.39 is 7.60 Å². The lowest BCUT2D eigenvalue weighted by Gasteiger charge is -2.22. The number of aromatic nitrogens is 2. The van der Waals surface area contributed by atoms with Crippen LogP contribution in [0.15, 0.2) is 4.79 Å². The van der Waals surface area contributed by atoms with Crippen molar-refractivity contribution in [3.8, 4) is 0 Å². The van der Waals surface area contributed by atoms with Crippen molar-refractivity contribution in [2.75, 3.05) is 24.4 Å². The average molecular weight is 388 g/mol. The molecular weight excluding hydrogens is 359 g/mol. The van der Waals surface area contributed by atoms with Crippen LogP contribution in [-0.4, -0.2) is 34.7 Å². The first-order valence-electron chi connectivity index (χ1n) is 8.82. The molecule has 148 valence electrons. The molecule has 1 saturated carbocycles. The second kappa shape index (κ2) is 8.52. The van der Waals surface area contributed by atoms with Gasteiger partial charge in [-0.1, -0.05) is 0 Å². The van der Waals surface area contributed by atoms with Crippen molar-refractivity contribution in [2.45, 2.75) is 65.2 Å². The Labute approximate surface area is 153 Å². The second-order valence-electron chi connectivity index (χ2n) is 6.96. The van der Waals surface area contributed by atoms with Gasteiger partial charge in [-0.25, -0.2) is 0 Å². The first-order chi connectivity index (χ1) is 12.1. The zero-order valence-corrected chi connectivity index (χ0v) is 16.7. The SMILES string of the molecule is CC(C)OP(=O)(COCCn1c(N)nc(N)c(C2CC2)c1=O)OC(C)C. The molecule has 0 aromatic carbocycles. The van der Waals surface area contributed by atoms with Gasteiger partial charge >= 0.3 is 7.60 Å². The van der Waals surface area contributed by atoms with E-state index in [0.717, 1.165) is 12.8 Å². The lowest BCUT2D eigenvalue weighted by Crippen LogP contribution is -2.30. The van der Waals surface area contributed by atoms with Gasteiger partial charge in [-0.2, -0.15) is 4.98 Å². The van der Waals surface area contributed by atoms with Gasteiger partial charge in [0.1, 0.15) is 12.2 Å². The van der Waals surface area contributed by atoms with E-state index in [4.69, 9.17) is 25.3 Å². The molecule has 0 atom stereocenters. The standard InChI is InChI=1S/C16H29N4O5P/c1-10(2)24-26(22,25-11(3)4)9-23-8-7-20-15(21)13(12-5-6-12)14(17)19-16(20)18/h10-12H,5-9,17H2,1-4H3,(H2,18,19). The quantitative estimate of drug-likeness (QED) is 0.461. The summed E-state index contributed by atoms with van der Waals surface area (Å²) in [5.41, 5.74) is 11.9. The molecule has 0 spiro atoms. The monoisotopic (exact) mass is 388 g/mol. The number of nitrogen functional groups attached to an aromatic ring is 2. The summed E-state index contributed by atoms with van der Waals surface area (Å²) >= 11 is 0.